The topological polar surface area (TPSA) is 149 Å². The molecule has 29 heavy (non-hydrogen) atoms. The Balaban J connectivity index is 1.79. The van der Waals surface area contributed by atoms with Gasteiger partial charge in [0.05, 0.1) is 17.8 Å². The Morgan fingerprint density at radius 2 is 2.10 bits per heavy atom. The van der Waals surface area contributed by atoms with E-state index in [4.69, 9.17) is 10.3 Å². The first kappa shape index (κ1) is 18.5. The number of nitrogens with zero attached hydrogens (tertiary/aromatic N) is 6. The monoisotopic (exact) mass is 391 g/mol. The number of nitrogen functional groups attached to an aromatic ring is 1. The van der Waals surface area contributed by atoms with Crippen LogP contribution in [0, 0.1) is 18.8 Å². The Hall–Kier alpha value is -3.81. The zero-order valence-corrected chi connectivity index (χ0v) is 15.7. The second-order valence-corrected chi connectivity index (χ2v) is 6.48. The van der Waals surface area contributed by atoms with Gasteiger partial charge >= 0.3 is 0 Å². The summed E-state index contributed by atoms with van der Waals surface area (Å²) in [4.78, 5) is 12.1. The maximum absolute atomic E-state index is 10.5. The van der Waals surface area contributed by atoms with E-state index < -0.39 is 5.60 Å². The molecule has 0 aliphatic rings. The van der Waals surface area contributed by atoms with Crippen molar-refractivity contribution in [3.63, 3.8) is 0 Å². The molecule has 4 aromatic rings. The first-order chi connectivity index (χ1) is 13.9. The van der Waals surface area contributed by atoms with Crippen LogP contribution in [0.2, 0.25) is 0 Å². The van der Waals surface area contributed by atoms with Gasteiger partial charge in [-0.15, -0.1) is 0 Å². The number of hydrogen-bond donors (Lipinski definition) is 3. The van der Waals surface area contributed by atoms with Gasteiger partial charge in [0.25, 0.3) is 0 Å². The summed E-state index contributed by atoms with van der Waals surface area (Å²) in [6.07, 6.45) is 1.53. The van der Waals surface area contributed by atoms with Gasteiger partial charge in [-0.25, -0.2) is 9.67 Å². The van der Waals surface area contributed by atoms with E-state index in [1.165, 1.54) is 13.1 Å². The van der Waals surface area contributed by atoms with Crippen molar-refractivity contribution in [2.24, 2.45) is 0 Å². The zero-order valence-electron chi connectivity index (χ0n) is 15.7. The molecule has 3 heterocycles. The summed E-state index contributed by atoms with van der Waals surface area (Å²) < 4.78 is 6.46. The smallest absolute Gasteiger partial charge is 0.223 e. The first-order valence-corrected chi connectivity index (χ1v) is 8.65. The molecular weight excluding hydrogens is 374 g/mol. The molecule has 0 saturated carbocycles. The highest BCUT2D eigenvalue weighted by Crippen LogP contribution is 2.23. The number of nitrogens with two attached hydrogens (primary N) is 1. The molecular formula is C19H17N7O3. The van der Waals surface area contributed by atoms with Crippen molar-refractivity contribution in [1.82, 2.24) is 29.9 Å². The standard InChI is InChI=1S/C19H17N7O3/c1-11-22-17(25-29-11)19(2,28)7-5-12-3-4-13-14(10-27)24-26(15(13)9-12)16-6-8-21-18(20)23-16/h3-4,6,8-9,27-28H,10H2,1-2H3,(H2,20,21,23). The number of fused-ring (bicyclic) bond motifs is 1. The lowest BCUT2D eigenvalue weighted by Crippen LogP contribution is -2.20. The van der Waals surface area contributed by atoms with Gasteiger partial charge in [-0.3, -0.25) is 0 Å². The van der Waals surface area contributed by atoms with Gasteiger partial charge in [0, 0.05) is 30.1 Å². The van der Waals surface area contributed by atoms with Crippen molar-refractivity contribution in [3.8, 4) is 17.7 Å². The fourth-order valence-electron chi connectivity index (χ4n) is 2.78. The van der Waals surface area contributed by atoms with Crippen molar-refractivity contribution in [1.29, 1.82) is 0 Å². The number of aryl methyl sites for hydroxylation is 1. The van der Waals surface area contributed by atoms with E-state index in [9.17, 15) is 10.2 Å². The van der Waals surface area contributed by atoms with Crippen LogP contribution in [-0.4, -0.2) is 40.1 Å². The molecule has 1 atom stereocenters. The van der Waals surface area contributed by atoms with Crippen LogP contribution in [0.3, 0.4) is 0 Å². The highest BCUT2D eigenvalue weighted by atomic mass is 16.5. The number of aliphatic hydroxyl groups excluding tert-OH is 1. The van der Waals surface area contributed by atoms with Crippen LogP contribution in [0.15, 0.2) is 35.0 Å². The predicted molar refractivity (Wildman–Crippen MR) is 102 cm³/mol. The molecule has 4 rings (SSSR count). The van der Waals surface area contributed by atoms with Crippen molar-refractivity contribution in [3.05, 3.63) is 53.4 Å². The van der Waals surface area contributed by atoms with Crippen molar-refractivity contribution < 1.29 is 14.7 Å². The summed E-state index contributed by atoms with van der Waals surface area (Å²) in [6, 6.07) is 7.01. The largest absolute Gasteiger partial charge is 0.390 e. The minimum atomic E-state index is -1.58. The van der Waals surface area contributed by atoms with E-state index in [1.807, 2.05) is 0 Å². The van der Waals surface area contributed by atoms with E-state index >= 15 is 0 Å². The summed E-state index contributed by atoms with van der Waals surface area (Å²) in [6.45, 7) is 2.88. The summed E-state index contributed by atoms with van der Waals surface area (Å²) in [5.41, 5.74) is 5.88. The lowest BCUT2D eigenvalue weighted by Gasteiger charge is -2.10. The van der Waals surface area contributed by atoms with Gasteiger partial charge in [0.2, 0.25) is 17.7 Å². The molecule has 0 saturated heterocycles. The predicted octanol–water partition coefficient (Wildman–Crippen LogP) is 0.841. The molecule has 0 radical (unpaired) electrons. The number of rotatable bonds is 3. The Labute approximate surface area is 165 Å². The van der Waals surface area contributed by atoms with Crippen LogP contribution in [0.5, 0.6) is 0 Å². The van der Waals surface area contributed by atoms with Crippen LogP contribution in [-0.2, 0) is 12.2 Å². The number of aliphatic hydroxyl groups is 2. The fraction of sp³-hybridized carbons (Fsp3) is 0.211. The molecule has 0 aliphatic heterocycles. The van der Waals surface area contributed by atoms with Crippen LogP contribution in [0.4, 0.5) is 5.95 Å². The van der Waals surface area contributed by atoms with Gasteiger partial charge in [-0.2, -0.15) is 15.1 Å². The summed E-state index contributed by atoms with van der Waals surface area (Å²) >= 11 is 0. The van der Waals surface area contributed by atoms with E-state index in [0.29, 0.717) is 28.5 Å². The van der Waals surface area contributed by atoms with Gasteiger partial charge in [-0.1, -0.05) is 17.0 Å². The lowest BCUT2D eigenvalue weighted by molar-refractivity contribution is 0.108. The van der Waals surface area contributed by atoms with E-state index in [1.54, 1.807) is 35.9 Å². The number of hydrogen-bond acceptors (Lipinski definition) is 9. The van der Waals surface area contributed by atoms with Crippen LogP contribution < -0.4 is 5.73 Å². The number of anilines is 1. The van der Waals surface area contributed by atoms with E-state index in [-0.39, 0.29) is 18.4 Å². The molecule has 0 spiro atoms. The normalized spacial score (nSPS) is 13.1. The minimum Gasteiger partial charge on any atom is -0.390 e. The van der Waals surface area contributed by atoms with Gasteiger partial charge in [0.15, 0.2) is 11.4 Å². The average Bonchev–Trinajstić information content (AvgIpc) is 3.30. The Morgan fingerprint density at radius 1 is 1.28 bits per heavy atom. The second kappa shape index (κ2) is 6.97. The van der Waals surface area contributed by atoms with Crippen LogP contribution >= 0.6 is 0 Å². The summed E-state index contributed by atoms with van der Waals surface area (Å²) in [7, 11) is 0. The maximum atomic E-state index is 10.5. The average molecular weight is 391 g/mol. The van der Waals surface area contributed by atoms with E-state index in [2.05, 4.69) is 37.0 Å². The van der Waals surface area contributed by atoms with Crippen molar-refractivity contribution in [2.75, 3.05) is 5.73 Å². The molecule has 1 unspecified atom stereocenters. The third-order valence-corrected chi connectivity index (χ3v) is 4.20. The SMILES string of the molecule is Cc1nc(C(C)(O)C#Cc2ccc3c(CO)nn(-c4ccnc(N)n4)c3c2)no1. The first-order valence-electron chi connectivity index (χ1n) is 8.65. The molecule has 3 aromatic heterocycles. The fourth-order valence-corrected chi connectivity index (χ4v) is 2.78. The highest BCUT2D eigenvalue weighted by Gasteiger charge is 2.26. The quantitative estimate of drug-likeness (QED) is 0.432. The molecule has 10 nitrogen and oxygen atoms in total. The summed E-state index contributed by atoms with van der Waals surface area (Å²) in [5, 5.41) is 29.1. The highest BCUT2D eigenvalue weighted by molar-refractivity contribution is 5.84. The molecule has 0 amide bonds. The molecule has 146 valence electrons. The third kappa shape index (κ3) is 3.52. The van der Waals surface area contributed by atoms with Crippen LogP contribution in [0.1, 0.15) is 29.9 Å². The van der Waals surface area contributed by atoms with Crippen LogP contribution in [0.25, 0.3) is 16.7 Å². The van der Waals surface area contributed by atoms with Crippen molar-refractivity contribution in [2.45, 2.75) is 26.1 Å². The third-order valence-electron chi connectivity index (χ3n) is 4.20. The maximum Gasteiger partial charge on any atom is 0.223 e. The zero-order chi connectivity index (χ0) is 20.6. The Kier molecular flexibility index (Phi) is 4.46. The molecule has 0 bridgehead atoms. The lowest BCUT2D eigenvalue weighted by atomic mass is 10.1. The Bertz CT molecular complexity index is 1260. The molecule has 1 aromatic carbocycles. The Morgan fingerprint density at radius 3 is 2.79 bits per heavy atom. The van der Waals surface area contributed by atoms with Gasteiger partial charge < -0.3 is 20.5 Å². The minimum absolute atomic E-state index is 0.0904. The second-order valence-electron chi connectivity index (χ2n) is 6.48. The molecule has 0 fully saturated rings. The molecule has 4 N–H and O–H groups in total. The molecule has 0 aliphatic carbocycles. The molecule has 10 heteroatoms. The van der Waals surface area contributed by atoms with Gasteiger partial charge in [0.1, 0.15) is 0 Å². The summed E-state index contributed by atoms with van der Waals surface area (Å²) in [5.74, 6) is 6.68. The number of aromatic nitrogens is 6. The van der Waals surface area contributed by atoms with Crippen molar-refractivity contribution >= 4 is 16.9 Å². The number of benzene rings is 1. The van der Waals surface area contributed by atoms with E-state index in [0.717, 1.165) is 5.39 Å². The van der Waals surface area contributed by atoms with Gasteiger partial charge in [-0.05, 0) is 25.1 Å².